The molecule has 2 heterocycles. The predicted molar refractivity (Wildman–Crippen MR) is 129 cm³/mol. The molecule has 1 saturated heterocycles. The van der Waals surface area contributed by atoms with E-state index in [0.29, 0.717) is 37.4 Å². The summed E-state index contributed by atoms with van der Waals surface area (Å²) in [4.78, 5) is 29.4. The summed E-state index contributed by atoms with van der Waals surface area (Å²) in [6.07, 6.45) is 3.13. The number of ether oxygens (including phenoxy) is 3. The number of hydrogen-bond acceptors (Lipinski definition) is 5. The molecular formula is C26H33N3O5. The van der Waals surface area contributed by atoms with Gasteiger partial charge in [0.15, 0.2) is 11.5 Å². The Morgan fingerprint density at radius 3 is 2.26 bits per heavy atom. The molecule has 0 spiro atoms. The van der Waals surface area contributed by atoms with E-state index in [9.17, 15) is 9.59 Å². The van der Waals surface area contributed by atoms with Crippen LogP contribution in [0, 0.1) is 0 Å². The number of rotatable bonds is 7. The van der Waals surface area contributed by atoms with E-state index in [-0.39, 0.29) is 18.0 Å². The highest BCUT2D eigenvalue weighted by molar-refractivity contribution is 5.79. The van der Waals surface area contributed by atoms with Crippen LogP contribution in [0.2, 0.25) is 0 Å². The summed E-state index contributed by atoms with van der Waals surface area (Å²) in [5, 5.41) is 2.97. The number of urea groups is 1. The molecule has 2 aliphatic rings. The first-order chi connectivity index (χ1) is 16.5. The van der Waals surface area contributed by atoms with Gasteiger partial charge in [0, 0.05) is 32.6 Å². The van der Waals surface area contributed by atoms with Gasteiger partial charge in [-0.3, -0.25) is 4.79 Å². The van der Waals surface area contributed by atoms with E-state index in [2.05, 4.69) is 5.32 Å². The number of carbonyl (C=O) groups is 2. The Hall–Kier alpha value is -3.42. The van der Waals surface area contributed by atoms with Crippen LogP contribution in [-0.4, -0.2) is 69.2 Å². The van der Waals surface area contributed by atoms with Gasteiger partial charge in [0.25, 0.3) is 0 Å². The number of nitrogens with zero attached hydrogens (tertiary/aromatic N) is 2. The molecule has 0 aliphatic carbocycles. The van der Waals surface area contributed by atoms with Crippen LogP contribution in [0.5, 0.6) is 17.2 Å². The zero-order chi connectivity index (χ0) is 24.1. The van der Waals surface area contributed by atoms with Crippen LogP contribution in [0.1, 0.15) is 42.0 Å². The van der Waals surface area contributed by atoms with Crippen LogP contribution in [-0.2, 0) is 11.2 Å². The van der Waals surface area contributed by atoms with E-state index in [1.165, 1.54) is 0 Å². The molecule has 0 radical (unpaired) electrons. The minimum Gasteiger partial charge on any atom is -0.497 e. The lowest BCUT2D eigenvalue weighted by molar-refractivity contribution is -0.129. The highest BCUT2D eigenvalue weighted by atomic mass is 16.5. The molecule has 182 valence electrons. The van der Waals surface area contributed by atoms with Crippen molar-refractivity contribution in [2.24, 2.45) is 0 Å². The number of amides is 3. The van der Waals surface area contributed by atoms with Crippen LogP contribution in [0.4, 0.5) is 4.79 Å². The normalized spacial score (nSPS) is 17.2. The molecule has 8 heteroatoms. The lowest BCUT2D eigenvalue weighted by atomic mass is 9.87. The maximum atomic E-state index is 13.3. The summed E-state index contributed by atoms with van der Waals surface area (Å²) in [5.74, 6) is 2.15. The highest BCUT2D eigenvalue weighted by Crippen LogP contribution is 2.41. The van der Waals surface area contributed by atoms with E-state index in [1.807, 2.05) is 46.2 Å². The van der Waals surface area contributed by atoms with Crippen LogP contribution >= 0.6 is 0 Å². The fourth-order valence-electron chi connectivity index (χ4n) is 4.81. The van der Waals surface area contributed by atoms with Gasteiger partial charge < -0.3 is 29.3 Å². The zero-order valence-electron chi connectivity index (χ0n) is 20.1. The molecule has 34 heavy (non-hydrogen) atoms. The average Bonchev–Trinajstić information content (AvgIpc) is 3.42. The summed E-state index contributed by atoms with van der Waals surface area (Å²) in [6, 6.07) is 11.2. The monoisotopic (exact) mass is 467 g/mol. The third-order valence-corrected chi connectivity index (χ3v) is 6.64. The van der Waals surface area contributed by atoms with Crippen molar-refractivity contribution in [1.82, 2.24) is 15.1 Å². The summed E-state index contributed by atoms with van der Waals surface area (Å²) in [7, 11) is 4.86. The lowest BCUT2D eigenvalue weighted by Crippen LogP contribution is -2.46. The van der Waals surface area contributed by atoms with Gasteiger partial charge in [0.05, 0.1) is 27.4 Å². The molecule has 2 aliphatic heterocycles. The Labute approximate surface area is 200 Å². The summed E-state index contributed by atoms with van der Waals surface area (Å²) >= 11 is 0. The van der Waals surface area contributed by atoms with Crippen LogP contribution < -0.4 is 19.5 Å². The third-order valence-electron chi connectivity index (χ3n) is 6.64. The van der Waals surface area contributed by atoms with Gasteiger partial charge in [-0.05, 0) is 60.2 Å². The Morgan fingerprint density at radius 1 is 0.941 bits per heavy atom. The number of likely N-dealkylation sites (tertiary alicyclic amines) is 1. The van der Waals surface area contributed by atoms with Crippen LogP contribution in [0.3, 0.4) is 0 Å². The van der Waals surface area contributed by atoms with E-state index in [4.69, 9.17) is 14.2 Å². The quantitative estimate of drug-likeness (QED) is 0.675. The molecule has 0 aromatic heterocycles. The molecule has 1 atom stereocenters. The molecular weight excluding hydrogens is 434 g/mol. The second kappa shape index (κ2) is 10.7. The van der Waals surface area contributed by atoms with Crippen molar-refractivity contribution in [3.05, 3.63) is 53.1 Å². The second-order valence-corrected chi connectivity index (χ2v) is 8.59. The first-order valence-electron chi connectivity index (χ1n) is 11.8. The Bertz CT molecular complexity index is 1020. The topological polar surface area (TPSA) is 80.3 Å². The van der Waals surface area contributed by atoms with Crippen molar-refractivity contribution in [2.45, 2.75) is 31.7 Å². The number of carbonyl (C=O) groups excluding carboxylic acids is 2. The van der Waals surface area contributed by atoms with Crippen LogP contribution in [0.25, 0.3) is 0 Å². The Morgan fingerprint density at radius 2 is 1.62 bits per heavy atom. The highest BCUT2D eigenvalue weighted by Gasteiger charge is 2.33. The largest absolute Gasteiger partial charge is 0.497 e. The van der Waals surface area contributed by atoms with Gasteiger partial charge in [-0.1, -0.05) is 12.1 Å². The summed E-state index contributed by atoms with van der Waals surface area (Å²) in [5.41, 5.74) is 3.08. The predicted octanol–water partition coefficient (Wildman–Crippen LogP) is 3.38. The lowest BCUT2D eigenvalue weighted by Gasteiger charge is -2.38. The molecule has 1 fully saturated rings. The average molecular weight is 468 g/mol. The third kappa shape index (κ3) is 4.90. The molecule has 8 nitrogen and oxygen atoms in total. The first-order valence-corrected chi connectivity index (χ1v) is 11.8. The van der Waals surface area contributed by atoms with Gasteiger partial charge in [-0.25, -0.2) is 4.79 Å². The first kappa shape index (κ1) is 23.7. The molecule has 2 aromatic carbocycles. The minimum atomic E-state index is -0.302. The minimum absolute atomic E-state index is 0.102. The van der Waals surface area contributed by atoms with Gasteiger partial charge in [0.1, 0.15) is 5.75 Å². The molecule has 3 amide bonds. The van der Waals surface area contributed by atoms with Crippen LogP contribution in [0.15, 0.2) is 36.4 Å². The smallest absolute Gasteiger partial charge is 0.318 e. The van der Waals surface area contributed by atoms with Gasteiger partial charge in [-0.15, -0.1) is 0 Å². The maximum Gasteiger partial charge on any atom is 0.318 e. The van der Waals surface area contributed by atoms with Crippen molar-refractivity contribution in [2.75, 3.05) is 47.5 Å². The van der Waals surface area contributed by atoms with Crippen molar-refractivity contribution in [3.63, 3.8) is 0 Å². The fraction of sp³-hybridized carbons (Fsp3) is 0.462. The number of fused-ring (bicyclic) bond motifs is 1. The molecule has 2 aromatic rings. The second-order valence-electron chi connectivity index (χ2n) is 8.59. The molecule has 4 rings (SSSR count). The van der Waals surface area contributed by atoms with Gasteiger partial charge >= 0.3 is 6.03 Å². The van der Waals surface area contributed by atoms with Gasteiger partial charge in [0.2, 0.25) is 5.91 Å². The van der Waals surface area contributed by atoms with Crippen molar-refractivity contribution in [3.8, 4) is 17.2 Å². The number of methoxy groups -OCH3 is 3. The maximum absolute atomic E-state index is 13.3. The Balaban J connectivity index is 1.57. The van der Waals surface area contributed by atoms with E-state index in [1.54, 1.807) is 21.3 Å². The number of nitrogens with one attached hydrogen (secondary N) is 1. The number of hydrogen-bond donors (Lipinski definition) is 1. The summed E-state index contributed by atoms with van der Waals surface area (Å²) in [6.45, 7) is 2.50. The SMILES string of the molecule is COc1ccc(C2c3cc(OC)c(OC)cc3CCN2C(=O)NCCC(=O)N2CCCC2)cc1. The van der Waals surface area contributed by atoms with Crippen molar-refractivity contribution < 1.29 is 23.8 Å². The molecule has 1 unspecified atom stereocenters. The van der Waals surface area contributed by atoms with Crippen molar-refractivity contribution >= 4 is 11.9 Å². The molecule has 0 saturated carbocycles. The fourth-order valence-corrected chi connectivity index (χ4v) is 4.81. The molecule has 1 N–H and O–H groups in total. The van der Waals surface area contributed by atoms with E-state index >= 15 is 0 Å². The molecule has 0 bridgehead atoms. The zero-order valence-corrected chi connectivity index (χ0v) is 20.1. The Kier molecular flexibility index (Phi) is 7.45. The van der Waals surface area contributed by atoms with Gasteiger partial charge in [-0.2, -0.15) is 0 Å². The standard InChI is InChI=1S/C26H33N3O5/c1-32-20-8-6-18(7-9-20)25-21-17-23(34-3)22(33-2)16-19(21)11-15-29(25)26(31)27-12-10-24(30)28-13-4-5-14-28/h6-9,16-17,25H,4-5,10-15H2,1-3H3,(H,27,31). The van der Waals surface area contributed by atoms with E-state index in [0.717, 1.165) is 48.4 Å². The van der Waals surface area contributed by atoms with Crippen molar-refractivity contribution in [1.29, 1.82) is 0 Å². The van der Waals surface area contributed by atoms with E-state index < -0.39 is 0 Å². The summed E-state index contributed by atoms with van der Waals surface area (Å²) < 4.78 is 16.4. The number of benzene rings is 2.